The van der Waals surface area contributed by atoms with Crippen LogP contribution in [0.3, 0.4) is 0 Å². The molecular weight excluding hydrogens is 522 g/mol. The summed E-state index contributed by atoms with van der Waals surface area (Å²) in [7, 11) is 0. The highest BCUT2D eigenvalue weighted by molar-refractivity contribution is 6.09. The van der Waals surface area contributed by atoms with Crippen molar-refractivity contribution in [3.8, 4) is 5.75 Å². The van der Waals surface area contributed by atoms with E-state index in [1.54, 1.807) is 4.90 Å². The summed E-state index contributed by atoms with van der Waals surface area (Å²) in [6.45, 7) is 3.72. The van der Waals surface area contributed by atoms with Gasteiger partial charge < -0.3 is 21.5 Å². The Bertz CT molecular complexity index is 1040. The van der Waals surface area contributed by atoms with Gasteiger partial charge in [0.1, 0.15) is 5.75 Å². The van der Waals surface area contributed by atoms with E-state index in [0.29, 0.717) is 18.4 Å². The Kier molecular flexibility index (Phi) is 18.5. The number of primary amides is 2. The minimum absolute atomic E-state index is 0.0000868. The number of carbonyl (C=O) groups excluding carboxylic acids is 2. The molecule has 2 aromatic carbocycles. The summed E-state index contributed by atoms with van der Waals surface area (Å²) in [5.74, 6) is -0.610. The van der Waals surface area contributed by atoms with Crippen LogP contribution >= 0.6 is 0 Å². The molecule has 5 N–H and O–H groups in total. The van der Waals surface area contributed by atoms with Crippen LogP contribution in [0.5, 0.6) is 5.75 Å². The van der Waals surface area contributed by atoms with E-state index >= 15 is 0 Å². The summed E-state index contributed by atoms with van der Waals surface area (Å²) in [5, 5.41) is 12.3. The summed E-state index contributed by atoms with van der Waals surface area (Å²) in [4.78, 5) is 25.7. The molecule has 2 aromatic rings. The molecule has 0 unspecified atom stereocenters. The van der Waals surface area contributed by atoms with Crippen LogP contribution in [0.4, 0.5) is 4.79 Å². The third-order valence-corrected chi connectivity index (χ3v) is 8.56. The molecule has 0 atom stereocenters. The van der Waals surface area contributed by atoms with Crippen molar-refractivity contribution in [2.45, 2.75) is 142 Å². The number of nitrogens with two attached hydrogens (primary N) is 2. The first-order chi connectivity index (χ1) is 20.5. The zero-order chi connectivity index (χ0) is 30.4. The summed E-state index contributed by atoms with van der Waals surface area (Å²) < 4.78 is 0. The summed E-state index contributed by atoms with van der Waals surface area (Å²) in [6.07, 6.45) is 25.8. The van der Waals surface area contributed by atoms with Crippen molar-refractivity contribution in [1.29, 1.82) is 0 Å². The fourth-order valence-electron chi connectivity index (χ4n) is 5.99. The van der Waals surface area contributed by atoms with Gasteiger partial charge >= 0.3 is 6.03 Å². The molecule has 6 nitrogen and oxygen atoms in total. The average Bonchev–Trinajstić information content (AvgIpc) is 2.97. The van der Waals surface area contributed by atoms with Crippen LogP contribution in [0.25, 0.3) is 10.8 Å². The molecule has 0 heterocycles. The van der Waals surface area contributed by atoms with Crippen LogP contribution in [-0.2, 0) is 6.42 Å². The Balaban J connectivity index is 1.50. The van der Waals surface area contributed by atoms with E-state index in [-0.39, 0.29) is 17.3 Å². The van der Waals surface area contributed by atoms with Gasteiger partial charge in [-0.05, 0) is 48.1 Å². The van der Waals surface area contributed by atoms with Crippen LogP contribution in [0.15, 0.2) is 30.3 Å². The van der Waals surface area contributed by atoms with E-state index in [0.717, 1.165) is 56.0 Å². The van der Waals surface area contributed by atoms with Gasteiger partial charge in [0.15, 0.2) is 0 Å². The molecular formula is C36H59N3O3. The molecule has 0 fully saturated rings. The quantitative estimate of drug-likeness (QED) is 0.102. The van der Waals surface area contributed by atoms with E-state index in [4.69, 9.17) is 11.5 Å². The van der Waals surface area contributed by atoms with Gasteiger partial charge in [0.2, 0.25) is 0 Å². The number of urea groups is 1. The molecule has 0 saturated heterocycles. The summed E-state index contributed by atoms with van der Waals surface area (Å²) in [5.41, 5.74) is 12.2. The second kappa shape index (κ2) is 21.9. The van der Waals surface area contributed by atoms with Gasteiger partial charge in [-0.15, -0.1) is 0 Å². The van der Waals surface area contributed by atoms with Gasteiger partial charge in [0.25, 0.3) is 5.91 Å². The Labute approximate surface area is 255 Å². The monoisotopic (exact) mass is 581 g/mol. The van der Waals surface area contributed by atoms with Crippen LogP contribution in [-0.4, -0.2) is 35.0 Å². The van der Waals surface area contributed by atoms with Crippen molar-refractivity contribution < 1.29 is 14.7 Å². The van der Waals surface area contributed by atoms with Crippen molar-refractivity contribution in [1.82, 2.24) is 4.90 Å². The number of hydrogen-bond donors (Lipinski definition) is 3. The SMILES string of the molecule is CCCCCCCCCCCCCCCCCCN(CCCCCCc1cc2ccccc2c(C(N)=O)c1O)C(N)=O. The third kappa shape index (κ3) is 13.9. The Hall–Kier alpha value is -2.76. The number of aryl methyl sites for hydroxylation is 1. The summed E-state index contributed by atoms with van der Waals surface area (Å²) in [6, 6.07) is 9.12. The van der Waals surface area contributed by atoms with Crippen LogP contribution in [0.2, 0.25) is 0 Å². The first-order valence-corrected chi connectivity index (χ1v) is 17.0. The summed E-state index contributed by atoms with van der Waals surface area (Å²) >= 11 is 0. The molecule has 3 amide bonds. The zero-order valence-corrected chi connectivity index (χ0v) is 26.5. The number of benzene rings is 2. The van der Waals surface area contributed by atoms with Gasteiger partial charge in [-0.3, -0.25) is 4.79 Å². The Morgan fingerprint density at radius 1 is 0.667 bits per heavy atom. The molecule has 0 saturated carbocycles. The van der Waals surface area contributed by atoms with Crippen LogP contribution < -0.4 is 11.5 Å². The maximum absolute atomic E-state index is 12.0. The molecule has 0 spiro atoms. The van der Waals surface area contributed by atoms with Gasteiger partial charge in [0.05, 0.1) is 5.56 Å². The number of unbranched alkanes of at least 4 members (excludes halogenated alkanes) is 18. The zero-order valence-electron chi connectivity index (χ0n) is 26.5. The number of fused-ring (bicyclic) bond motifs is 1. The molecule has 0 radical (unpaired) electrons. The average molecular weight is 582 g/mol. The van der Waals surface area contributed by atoms with E-state index in [1.807, 2.05) is 30.3 Å². The molecule has 42 heavy (non-hydrogen) atoms. The first kappa shape index (κ1) is 35.4. The maximum Gasteiger partial charge on any atom is 0.314 e. The smallest absolute Gasteiger partial charge is 0.314 e. The van der Waals surface area contributed by atoms with Crippen molar-refractivity contribution >= 4 is 22.7 Å². The lowest BCUT2D eigenvalue weighted by molar-refractivity contribution is 0.0999. The highest BCUT2D eigenvalue weighted by atomic mass is 16.3. The van der Waals surface area contributed by atoms with E-state index in [9.17, 15) is 14.7 Å². The predicted octanol–water partition coefficient (Wildman–Crippen LogP) is 9.39. The van der Waals surface area contributed by atoms with E-state index in [1.165, 1.54) is 89.9 Å². The first-order valence-electron chi connectivity index (χ1n) is 17.0. The largest absolute Gasteiger partial charge is 0.507 e. The molecule has 0 aliphatic heterocycles. The topological polar surface area (TPSA) is 110 Å². The standard InChI is InChI=1S/C36H59N3O3/c1-2-3-4-5-6-7-8-9-10-11-12-13-14-15-17-22-27-39(36(38)42)28-23-18-16-19-25-31-29-30-24-20-21-26-32(30)33(34(31)40)35(37)41/h20-21,24,26,29,40H,2-19,22-23,25,27-28H2,1H3,(H2,37,41)(H2,38,42). The maximum atomic E-state index is 12.0. The highest BCUT2D eigenvalue weighted by Gasteiger charge is 2.16. The van der Waals surface area contributed by atoms with Gasteiger partial charge in [-0.2, -0.15) is 0 Å². The molecule has 2 rings (SSSR count). The number of nitrogens with zero attached hydrogens (tertiary/aromatic N) is 1. The fourth-order valence-corrected chi connectivity index (χ4v) is 5.99. The molecule has 0 aromatic heterocycles. The molecule has 0 aliphatic carbocycles. The number of aromatic hydroxyl groups is 1. The number of hydrogen-bond acceptors (Lipinski definition) is 3. The van der Waals surface area contributed by atoms with Crippen LogP contribution in [0, 0.1) is 0 Å². The second-order valence-electron chi connectivity index (χ2n) is 12.1. The predicted molar refractivity (Wildman–Crippen MR) is 177 cm³/mol. The van der Waals surface area contributed by atoms with Gasteiger partial charge in [-0.1, -0.05) is 140 Å². The van der Waals surface area contributed by atoms with Crippen molar-refractivity contribution in [2.75, 3.05) is 13.1 Å². The normalized spacial score (nSPS) is 11.3. The lowest BCUT2D eigenvalue weighted by Gasteiger charge is -2.20. The minimum atomic E-state index is -0.610. The highest BCUT2D eigenvalue weighted by Crippen LogP contribution is 2.32. The number of carbonyl (C=O) groups is 2. The molecule has 0 aliphatic rings. The lowest BCUT2D eigenvalue weighted by Crippen LogP contribution is -2.37. The Morgan fingerprint density at radius 2 is 1.12 bits per heavy atom. The van der Waals surface area contributed by atoms with Gasteiger partial charge in [-0.25, -0.2) is 4.79 Å². The minimum Gasteiger partial charge on any atom is -0.507 e. The third-order valence-electron chi connectivity index (χ3n) is 8.56. The van der Waals surface area contributed by atoms with Crippen molar-refractivity contribution in [3.05, 3.63) is 41.5 Å². The molecule has 6 heteroatoms. The van der Waals surface area contributed by atoms with E-state index < -0.39 is 5.91 Å². The van der Waals surface area contributed by atoms with Crippen molar-refractivity contribution in [3.63, 3.8) is 0 Å². The lowest BCUT2D eigenvalue weighted by atomic mass is 9.96. The molecule has 0 bridgehead atoms. The molecule has 236 valence electrons. The Morgan fingerprint density at radius 3 is 1.60 bits per heavy atom. The second-order valence-corrected chi connectivity index (χ2v) is 12.1. The fraction of sp³-hybridized carbons (Fsp3) is 0.667. The van der Waals surface area contributed by atoms with Crippen LogP contribution in [0.1, 0.15) is 151 Å². The van der Waals surface area contributed by atoms with Crippen molar-refractivity contribution in [2.24, 2.45) is 11.5 Å². The number of rotatable bonds is 25. The van der Waals surface area contributed by atoms with Gasteiger partial charge in [0, 0.05) is 13.1 Å². The number of amides is 3. The van der Waals surface area contributed by atoms with E-state index in [2.05, 4.69) is 6.92 Å². The number of phenols is 1.